The minimum absolute atomic E-state index is 0.0327. The molecule has 114 valence electrons. The Labute approximate surface area is 125 Å². The zero-order valence-electron chi connectivity index (χ0n) is 13.0. The smallest absolute Gasteiger partial charge is 0.244 e. The number of halogens is 1. The van der Waals surface area contributed by atoms with Crippen molar-refractivity contribution >= 4 is 12.0 Å². The topological polar surface area (TPSA) is 55.1 Å². The van der Waals surface area contributed by atoms with E-state index in [1.165, 1.54) is 18.2 Å². The minimum Gasteiger partial charge on any atom is -0.349 e. The largest absolute Gasteiger partial charge is 0.349 e. The average Bonchev–Trinajstić information content (AvgIpc) is 2.43. The summed E-state index contributed by atoms with van der Waals surface area (Å²) in [6.07, 6.45) is 3.15. The zero-order valence-corrected chi connectivity index (χ0v) is 13.0. The van der Waals surface area contributed by atoms with Crippen LogP contribution in [0.3, 0.4) is 0 Å². The van der Waals surface area contributed by atoms with Crippen molar-refractivity contribution in [1.29, 1.82) is 0 Å². The van der Waals surface area contributed by atoms with Crippen molar-refractivity contribution in [1.82, 2.24) is 5.32 Å². The van der Waals surface area contributed by atoms with E-state index in [0.717, 1.165) is 5.56 Å². The maximum atomic E-state index is 12.8. The fourth-order valence-corrected chi connectivity index (χ4v) is 3.49. The van der Waals surface area contributed by atoms with Gasteiger partial charge in [-0.1, -0.05) is 39.8 Å². The van der Waals surface area contributed by atoms with Gasteiger partial charge in [0.25, 0.3) is 0 Å². The van der Waals surface area contributed by atoms with Crippen LogP contribution in [-0.4, -0.2) is 18.0 Å². The predicted molar refractivity (Wildman–Crippen MR) is 82.9 cm³/mol. The van der Waals surface area contributed by atoms with Gasteiger partial charge in [0.05, 0.1) is 0 Å². The molecule has 4 heteroatoms. The standard InChI is InChI=1S/C17H23FN2O/c1-16(2)14(19)17(3,4)15(16)20-13(21)10-7-11-5-8-12(18)9-6-11/h5-10,14-15H,19H2,1-4H3,(H,20,21). The molecule has 21 heavy (non-hydrogen) atoms. The molecule has 0 aromatic heterocycles. The third-order valence-electron chi connectivity index (χ3n) is 4.67. The number of nitrogens with two attached hydrogens (primary N) is 1. The fraction of sp³-hybridized carbons (Fsp3) is 0.471. The molecule has 2 rings (SSSR count). The second-order valence-electron chi connectivity index (χ2n) is 6.95. The van der Waals surface area contributed by atoms with E-state index in [2.05, 4.69) is 33.0 Å². The summed E-state index contributed by atoms with van der Waals surface area (Å²) in [6.45, 7) is 8.27. The van der Waals surface area contributed by atoms with Gasteiger partial charge >= 0.3 is 0 Å². The lowest BCUT2D eigenvalue weighted by molar-refractivity contribution is -0.127. The first-order chi connectivity index (χ1) is 9.65. The summed E-state index contributed by atoms with van der Waals surface area (Å²) in [5.74, 6) is -0.444. The van der Waals surface area contributed by atoms with E-state index in [1.807, 2.05) is 0 Å². The van der Waals surface area contributed by atoms with Crippen molar-refractivity contribution in [3.63, 3.8) is 0 Å². The molecular formula is C17H23FN2O. The lowest BCUT2D eigenvalue weighted by atomic mass is 9.48. The van der Waals surface area contributed by atoms with Gasteiger partial charge in [0.15, 0.2) is 0 Å². The molecule has 3 N–H and O–H groups in total. The van der Waals surface area contributed by atoms with Gasteiger partial charge < -0.3 is 11.1 Å². The highest BCUT2D eigenvalue weighted by Crippen LogP contribution is 2.52. The quantitative estimate of drug-likeness (QED) is 0.841. The van der Waals surface area contributed by atoms with Crippen molar-refractivity contribution in [3.8, 4) is 0 Å². The van der Waals surface area contributed by atoms with Crippen LogP contribution in [0.1, 0.15) is 33.3 Å². The van der Waals surface area contributed by atoms with E-state index in [1.54, 1.807) is 18.2 Å². The predicted octanol–water partition coefficient (Wildman–Crippen LogP) is 2.72. The molecule has 0 aliphatic heterocycles. The van der Waals surface area contributed by atoms with Gasteiger partial charge in [0, 0.05) is 29.0 Å². The molecule has 0 atom stereocenters. The number of hydrogen-bond donors (Lipinski definition) is 2. The molecule has 0 spiro atoms. The van der Waals surface area contributed by atoms with Crippen molar-refractivity contribution < 1.29 is 9.18 Å². The third-order valence-corrected chi connectivity index (χ3v) is 4.67. The Balaban J connectivity index is 2.01. The third kappa shape index (κ3) is 2.86. The Morgan fingerprint density at radius 2 is 1.71 bits per heavy atom. The minimum atomic E-state index is -0.288. The van der Waals surface area contributed by atoms with E-state index in [9.17, 15) is 9.18 Å². The Morgan fingerprint density at radius 1 is 1.19 bits per heavy atom. The number of carbonyl (C=O) groups excluding carboxylic acids is 1. The first-order valence-corrected chi connectivity index (χ1v) is 7.15. The molecule has 1 aliphatic rings. The van der Waals surface area contributed by atoms with Crippen molar-refractivity contribution in [2.24, 2.45) is 16.6 Å². The maximum absolute atomic E-state index is 12.8. The highest BCUT2D eigenvalue weighted by Gasteiger charge is 2.60. The lowest BCUT2D eigenvalue weighted by Gasteiger charge is -2.62. The average molecular weight is 290 g/mol. The molecule has 1 aromatic carbocycles. The number of hydrogen-bond acceptors (Lipinski definition) is 2. The first kappa shape index (κ1) is 15.7. The van der Waals surface area contributed by atoms with Gasteiger partial charge in [-0.15, -0.1) is 0 Å². The summed E-state index contributed by atoms with van der Waals surface area (Å²) >= 11 is 0. The SMILES string of the molecule is CC1(C)C(N)C(C)(C)C1NC(=O)C=Cc1ccc(F)cc1. The van der Waals surface area contributed by atoms with E-state index in [4.69, 9.17) is 5.73 Å². The van der Waals surface area contributed by atoms with Crippen molar-refractivity contribution in [2.75, 3.05) is 0 Å². The van der Waals surface area contributed by atoms with Gasteiger partial charge in [0.1, 0.15) is 5.82 Å². The highest BCUT2D eigenvalue weighted by atomic mass is 19.1. The molecule has 1 saturated carbocycles. The van der Waals surface area contributed by atoms with Crippen LogP contribution >= 0.6 is 0 Å². The van der Waals surface area contributed by atoms with Crippen LogP contribution in [0, 0.1) is 16.6 Å². The summed E-state index contributed by atoms with van der Waals surface area (Å²) in [6, 6.07) is 6.09. The van der Waals surface area contributed by atoms with Crippen LogP contribution in [-0.2, 0) is 4.79 Å². The van der Waals surface area contributed by atoms with Crippen molar-refractivity contribution in [2.45, 2.75) is 39.8 Å². The summed E-state index contributed by atoms with van der Waals surface area (Å²) in [5, 5.41) is 3.03. The Bertz CT molecular complexity index is 545. The second-order valence-corrected chi connectivity index (χ2v) is 6.95. The summed E-state index contributed by atoms with van der Waals surface area (Å²) < 4.78 is 12.8. The van der Waals surface area contributed by atoms with Crippen LogP contribution in [0.5, 0.6) is 0 Å². The van der Waals surface area contributed by atoms with E-state index < -0.39 is 0 Å². The molecule has 0 radical (unpaired) electrons. The summed E-state index contributed by atoms with van der Waals surface area (Å²) in [4.78, 5) is 12.1. The van der Waals surface area contributed by atoms with Gasteiger partial charge in [-0.3, -0.25) is 4.79 Å². The number of benzene rings is 1. The molecular weight excluding hydrogens is 267 g/mol. The van der Waals surface area contributed by atoms with Gasteiger partial charge in [-0.2, -0.15) is 0 Å². The zero-order chi connectivity index (χ0) is 15.8. The van der Waals surface area contributed by atoms with Crippen LogP contribution in [0.4, 0.5) is 4.39 Å². The summed E-state index contributed by atoms with van der Waals surface area (Å²) in [5.41, 5.74) is 6.72. The van der Waals surface area contributed by atoms with Crippen LogP contribution < -0.4 is 11.1 Å². The maximum Gasteiger partial charge on any atom is 0.244 e. The van der Waals surface area contributed by atoms with Crippen LogP contribution in [0.15, 0.2) is 30.3 Å². The van der Waals surface area contributed by atoms with Gasteiger partial charge in [0.2, 0.25) is 5.91 Å². The molecule has 1 amide bonds. The van der Waals surface area contributed by atoms with E-state index in [0.29, 0.717) is 0 Å². The van der Waals surface area contributed by atoms with Crippen molar-refractivity contribution in [3.05, 3.63) is 41.7 Å². The Morgan fingerprint density at radius 3 is 2.24 bits per heavy atom. The lowest BCUT2D eigenvalue weighted by Crippen LogP contribution is -2.75. The molecule has 0 saturated heterocycles. The molecule has 1 aliphatic carbocycles. The molecule has 0 unspecified atom stereocenters. The fourth-order valence-electron chi connectivity index (χ4n) is 3.49. The first-order valence-electron chi connectivity index (χ1n) is 7.15. The number of amides is 1. The molecule has 1 aromatic rings. The normalized spacial score (nSPS) is 26.4. The Hall–Kier alpha value is -1.68. The van der Waals surface area contributed by atoms with Crippen LogP contribution in [0.2, 0.25) is 0 Å². The molecule has 3 nitrogen and oxygen atoms in total. The number of rotatable bonds is 3. The van der Waals surface area contributed by atoms with E-state index in [-0.39, 0.29) is 34.6 Å². The Kier molecular flexibility index (Phi) is 3.93. The summed E-state index contributed by atoms with van der Waals surface area (Å²) in [7, 11) is 0. The highest BCUT2D eigenvalue weighted by molar-refractivity contribution is 5.92. The van der Waals surface area contributed by atoms with E-state index >= 15 is 0 Å². The van der Waals surface area contributed by atoms with Gasteiger partial charge in [-0.25, -0.2) is 4.39 Å². The second kappa shape index (κ2) is 5.26. The number of carbonyl (C=O) groups is 1. The molecule has 0 bridgehead atoms. The molecule has 0 heterocycles. The van der Waals surface area contributed by atoms with Gasteiger partial charge in [-0.05, 0) is 23.8 Å². The monoisotopic (exact) mass is 290 g/mol. The number of nitrogens with one attached hydrogen (secondary N) is 1. The van der Waals surface area contributed by atoms with Crippen LogP contribution in [0.25, 0.3) is 6.08 Å². The molecule has 1 fully saturated rings.